The van der Waals surface area contributed by atoms with E-state index in [0.717, 1.165) is 17.7 Å². The summed E-state index contributed by atoms with van der Waals surface area (Å²) < 4.78 is 5.32. The molecular formula is C11H13ClO3S. The van der Waals surface area contributed by atoms with Gasteiger partial charge in [0.1, 0.15) is 12.4 Å². The average Bonchev–Trinajstić information content (AvgIpc) is 2.62. The molecule has 88 valence electrons. The van der Waals surface area contributed by atoms with Crippen molar-refractivity contribution in [3.05, 3.63) is 27.4 Å². The van der Waals surface area contributed by atoms with Gasteiger partial charge in [-0.2, -0.15) is 0 Å². The van der Waals surface area contributed by atoms with Crippen LogP contribution >= 0.6 is 22.9 Å². The minimum Gasteiger partial charge on any atom is -0.488 e. The summed E-state index contributed by atoms with van der Waals surface area (Å²) in [6.45, 7) is 2.34. The molecule has 0 aliphatic rings. The van der Waals surface area contributed by atoms with E-state index in [9.17, 15) is 4.79 Å². The predicted octanol–water partition coefficient (Wildman–Crippen LogP) is 3.53. The summed E-state index contributed by atoms with van der Waals surface area (Å²) in [4.78, 5) is 12.2. The Morgan fingerprint density at radius 1 is 1.69 bits per heavy atom. The van der Waals surface area contributed by atoms with Gasteiger partial charge in [0, 0.05) is 10.4 Å². The lowest BCUT2D eigenvalue weighted by Gasteiger charge is -2.00. The smallest absolute Gasteiger partial charge is 0.349 e. The summed E-state index contributed by atoms with van der Waals surface area (Å²) in [6, 6.07) is 1.79. The van der Waals surface area contributed by atoms with Crippen LogP contribution in [0.15, 0.2) is 17.7 Å². The first kappa shape index (κ1) is 13.1. The van der Waals surface area contributed by atoms with Gasteiger partial charge in [-0.1, -0.05) is 24.9 Å². The summed E-state index contributed by atoms with van der Waals surface area (Å²) in [7, 11) is 0. The number of aryl methyl sites for hydroxylation is 1. The van der Waals surface area contributed by atoms with E-state index in [1.165, 1.54) is 16.9 Å². The predicted molar refractivity (Wildman–Crippen MR) is 65.8 cm³/mol. The maximum Gasteiger partial charge on any atom is 0.349 e. The highest BCUT2D eigenvalue weighted by molar-refractivity contribution is 7.14. The Kier molecular flexibility index (Phi) is 5.35. The topological polar surface area (TPSA) is 46.5 Å². The summed E-state index contributed by atoms with van der Waals surface area (Å²) in [5.41, 5.74) is 1.35. The molecule has 0 spiro atoms. The van der Waals surface area contributed by atoms with Crippen molar-refractivity contribution < 1.29 is 14.6 Å². The van der Waals surface area contributed by atoms with Crippen LogP contribution in [0.1, 0.15) is 27.9 Å². The van der Waals surface area contributed by atoms with Crippen molar-refractivity contribution in [1.29, 1.82) is 0 Å². The third-order valence-electron chi connectivity index (χ3n) is 1.86. The molecule has 0 fully saturated rings. The van der Waals surface area contributed by atoms with Crippen LogP contribution in [0.4, 0.5) is 0 Å². The van der Waals surface area contributed by atoms with Crippen molar-refractivity contribution in [1.82, 2.24) is 0 Å². The van der Waals surface area contributed by atoms with Crippen molar-refractivity contribution in [2.24, 2.45) is 0 Å². The maximum absolute atomic E-state index is 11.0. The van der Waals surface area contributed by atoms with Gasteiger partial charge in [0.25, 0.3) is 0 Å². The maximum atomic E-state index is 11.0. The molecule has 0 amide bonds. The first-order chi connectivity index (χ1) is 7.69. The number of carboxylic acid groups (broad SMARTS) is 1. The lowest BCUT2D eigenvalue weighted by atomic mass is 10.3. The number of carboxylic acids is 1. The zero-order valence-electron chi connectivity index (χ0n) is 8.90. The van der Waals surface area contributed by atoms with E-state index in [0.29, 0.717) is 5.75 Å². The fourth-order valence-corrected chi connectivity index (χ4v) is 2.34. The van der Waals surface area contributed by atoms with E-state index in [2.05, 4.69) is 6.92 Å². The van der Waals surface area contributed by atoms with Crippen molar-refractivity contribution in [3.8, 4) is 5.75 Å². The van der Waals surface area contributed by atoms with Crippen molar-refractivity contribution in [3.63, 3.8) is 0 Å². The number of carbonyl (C=O) groups is 1. The quantitative estimate of drug-likeness (QED) is 0.851. The number of halogens is 1. The van der Waals surface area contributed by atoms with Crippen LogP contribution in [0.5, 0.6) is 5.75 Å². The Labute approximate surface area is 103 Å². The number of thiophene rings is 1. The molecule has 0 atom stereocenters. The van der Waals surface area contributed by atoms with Crippen LogP contribution in [0, 0.1) is 0 Å². The van der Waals surface area contributed by atoms with Crippen LogP contribution in [-0.2, 0) is 6.42 Å². The Bertz CT molecular complexity index is 385. The molecule has 3 nitrogen and oxygen atoms in total. The molecule has 0 unspecified atom stereocenters. The number of ether oxygens (including phenoxy) is 1. The van der Waals surface area contributed by atoms with Crippen molar-refractivity contribution in [2.45, 2.75) is 19.8 Å². The minimum atomic E-state index is -0.947. The van der Waals surface area contributed by atoms with E-state index in [4.69, 9.17) is 21.4 Å². The molecule has 1 rings (SSSR count). The van der Waals surface area contributed by atoms with Gasteiger partial charge in [-0.25, -0.2) is 4.79 Å². The zero-order chi connectivity index (χ0) is 12.0. The third-order valence-corrected chi connectivity index (χ3v) is 3.21. The van der Waals surface area contributed by atoms with Crippen LogP contribution < -0.4 is 4.74 Å². The van der Waals surface area contributed by atoms with Crippen LogP contribution in [-0.4, -0.2) is 17.7 Å². The zero-order valence-corrected chi connectivity index (χ0v) is 10.5. The minimum absolute atomic E-state index is 0.256. The van der Waals surface area contributed by atoms with Gasteiger partial charge in [-0.3, -0.25) is 0 Å². The summed E-state index contributed by atoms with van der Waals surface area (Å²) in [5.74, 6) is -0.520. The van der Waals surface area contributed by atoms with Crippen molar-refractivity contribution >= 4 is 28.9 Å². The van der Waals surface area contributed by atoms with Crippen LogP contribution in [0.2, 0.25) is 0 Å². The monoisotopic (exact) mass is 260 g/mol. The number of hydrogen-bond donors (Lipinski definition) is 1. The molecule has 0 saturated heterocycles. The molecule has 16 heavy (non-hydrogen) atoms. The number of hydrogen-bond acceptors (Lipinski definition) is 3. The second-order valence-corrected chi connectivity index (χ2v) is 4.52. The number of aromatic carboxylic acids is 1. The molecule has 0 radical (unpaired) electrons. The Hall–Kier alpha value is -1.00. The summed E-state index contributed by atoms with van der Waals surface area (Å²) >= 11 is 6.62. The highest BCUT2D eigenvalue weighted by atomic mass is 35.5. The Morgan fingerprint density at radius 2 is 2.44 bits per heavy atom. The van der Waals surface area contributed by atoms with Crippen LogP contribution in [0.25, 0.3) is 0 Å². The molecule has 5 heteroatoms. The fourth-order valence-electron chi connectivity index (χ4n) is 1.22. The summed E-state index contributed by atoms with van der Waals surface area (Å²) in [5, 5.41) is 8.99. The van der Waals surface area contributed by atoms with Gasteiger partial charge < -0.3 is 9.84 Å². The Balaban J connectivity index is 2.82. The molecule has 0 aliphatic carbocycles. The lowest BCUT2D eigenvalue weighted by molar-refractivity contribution is 0.0698. The Morgan fingerprint density at radius 3 is 3.00 bits per heavy atom. The summed E-state index contributed by atoms with van der Waals surface area (Å²) in [6.07, 6.45) is 3.48. The van der Waals surface area contributed by atoms with Gasteiger partial charge in [-0.05, 0) is 18.6 Å². The average molecular weight is 261 g/mol. The van der Waals surface area contributed by atoms with E-state index in [-0.39, 0.29) is 11.5 Å². The first-order valence-corrected chi connectivity index (χ1v) is 6.18. The molecule has 1 aromatic rings. The molecule has 1 heterocycles. The van der Waals surface area contributed by atoms with Gasteiger partial charge in [0.15, 0.2) is 4.88 Å². The van der Waals surface area contributed by atoms with E-state index < -0.39 is 5.97 Å². The van der Waals surface area contributed by atoms with Crippen LogP contribution in [0.3, 0.4) is 0 Å². The molecule has 1 N–H and O–H groups in total. The highest BCUT2D eigenvalue weighted by Gasteiger charge is 2.15. The van der Waals surface area contributed by atoms with Crippen molar-refractivity contribution in [2.75, 3.05) is 6.61 Å². The van der Waals surface area contributed by atoms with E-state index in [1.54, 1.807) is 12.1 Å². The van der Waals surface area contributed by atoms with Gasteiger partial charge in [0.05, 0.1) is 0 Å². The van der Waals surface area contributed by atoms with Gasteiger partial charge in [0.2, 0.25) is 0 Å². The molecule has 0 aromatic carbocycles. The fraction of sp³-hybridized carbons (Fsp3) is 0.364. The standard InChI is InChI=1S/C11H13ClO3S/c1-2-4-8-7-9(15-6-3-5-12)10(16-8)11(13)14/h3,5,7H,2,4,6H2,1H3,(H,13,14). The first-order valence-electron chi connectivity index (χ1n) is 4.93. The van der Waals surface area contributed by atoms with E-state index in [1.807, 2.05) is 0 Å². The van der Waals surface area contributed by atoms with E-state index >= 15 is 0 Å². The molecule has 1 aromatic heterocycles. The largest absolute Gasteiger partial charge is 0.488 e. The third kappa shape index (κ3) is 3.54. The van der Waals surface area contributed by atoms with Gasteiger partial charge in [-0.15, -0.1) is 11.3 Å². The molecule has 0 aliphatic heterocycles. The molecular weight excluding hydrogens is 248 g/mol. The second-order valence-electron chi connectivity index (χ2n) is 3.13. The normalized spacial score (nSPS) is 10.9. The molecule has 0 saturated carbocycles. The number of rotatable bonds is 6. The highest BCUT2D eigenvalue weighted by Crippen LogP contribution is 2.30. The second kappa shape index (κ2) is 6.55. The SMILES string of the molecule is CCCc1cc(OCC=CCl)c(C(=O)O)s1. The lowest BCUT2D eigenvalue weighted by Crippen LogP contribution is -1.99. The molecule has 0 bridgehead atoms. The van der Waals surface area contributed by atoms with Gasteiger partial charge >= 0.3 is 5.97 Å².